The molecule has 0 saturated carbocycles. The Morgan fingerprint density at radius 3 is 2.06 bits per heavy atom. The van der Waals surface area contributed by atoms with Crippen molar-refractivity contribution in [1.82, 2.24) is 5.32 Å². The molecule has 0 aromatic carbocycles. The molecule has 0 aliphatic carbocycles. The molecule has 16 heavy (non-hydrogen) atoms. The summed E-state index contributed by atoms with van der Waals surface area (Å²) >= 11 is 3.53. The zero-order valence-corrected chi connectivity index (χ0v) is 13.0. The molecule has 2 heteroatoms. The van der Waals surface area contributed by atoms with E-state index in [1.807, 2.05) is 0 Å². The van der Waals surface area contributed by atoms with Gasteiger partial charge < -0.3 is 5.32 Å². The van der Waals surface area contributed by atoms with Gasteiger partial charge in [0.25, 0.3) is 0 Å². The fourth-order valence-electron chi connectivity index (χ4n) is 1.75. The minimum atomic E-state index is 0.638. The third-order valence-corrected chi connectivity index (χ3v) is 4.36. The second kappa shape index (κ2) is 11.9. The van der Waals surface area contributed by atoms with Gasteiger partial charge in [0.2, 0.25) is 0 Å². The standard InChI is InChI=1S/C14H30BrN/c1-4-5-6-7-8-9-10-11-16-14(3)13(2)12-15/h13-14,16H,4-12H2,1-3H3. The van der Waals surface area contributed by atoms with E-state index in [0.717, 1.165) is 11.2 Å². The molecule has 98 valence electrons. The Morgan fingerprint density at radius 1 is 0.938 bits per heavy atom. The van der Waals surface area contributed by atoms with E-state index in [4.69, 9.17) is 0 Å². The van der Waals surface area contributed by atoms with Crippen molar-refractivity contribution >= 4 is 15.9 Å². The topological polar surface area (TPSA) is 12.0 Å². The van der Waals surface area contributed by atoms with Crippen LogP contribution in [0.15, 0.2) is 0 Å². The molecule has 0 amide bonds. The van der Waals surface area contributed by atoms with Crippen molar-refractivity contribution in [3.63, 3.8) is 0 Å². The maximum atomic E-state index is 3.61. The van der Waals surface area contributed by atoms with Gasteiger partial charge in [-0.15, -0.1) is 0 Å². The van der Waals surface area contributed by atoms with Crippen molar-refractivity contribution in [2.45, 2.75) is 71.8 Å². The monoisotopic (exact) mass is 291 g/mol. The summed E-state index contributed by atoms with van der Waals surface area (Å²) in [5, 5.41) is 4.70. The van der Waals surface area contributed by atoms with Gasteiger partial charge in [-0.05, 0) is 25.8 Å². The fraction of sp³-hybridized carbons (Fsp3) is 1.00. The largest absolute Gasteiger partial charge is 0.314 e. The maximum absolute atomic E-state index is 3.61. The van der Waals surface area contributed by atoms with Gasteiger partial charge in [-0.1, -0.05) is 68.3 Å². The van der Waals surface area contributed by atoms with Crippen molar-refractivity contribution in [3.8, 4) is 0 Å². The van der Waals surface area contributed by atoms with Gasteiger partial charge in [-0.25, -0.2) is 0 Å². The Balaban J connectivity index is 3.14. The third-order valence-electron chi connectivity index (χ3n) is 3.34. The summed E-state index contributed by atoms with van der Waals surface area (Å²) in [5.41, 5.74) is 0. The highest BCUT2D eigenvalue weighted by Gasteiger charge is 2.08. The second-order valence-corrected chi connectivity index (χ2v) is 5.64. The molecule has 0 bridgehead atoms. The molecule has 0 radical (unpaired) electrons. The van der Waals surface area contributed by atoms with Crippen molar-refractivity contribution < 1.29 is 0 Å². The number of unbranched alkanes of at least 4 members (excludes halogenated alkanes) is 6. The fourth-order valence-corrected chi connectivity index (χ4v) is 2.31. The summed E-state index contributed by atoms with van der Waals surface area (Å²) in [6.07, 6.45) is 9.78. The van der Waals surface area contributed by atoms with Crippen LogP contribution in [0.4, 0.5) is 0 Å². The molecule has 1 nitrogen and oxygen atoms in total. The van der Waals surface area contributed by atoms with Crippen molar-refractivity contribution in [2.75, 3.05) is 11.9 Å². The number of halogens is 1. The lowest BCUT2D eigenvalue weighted by atomic mass is 10.1. The highest BCUT2D eigenvalue weighted by Crippen LogP contribution is 2.08. The van der Waals surface area contributed by atoms with Gasteiger partial charge in [0, 0.05) is 11.4 Å². The van der Waals surface area contributed by atoms with Crippen molar-refractivity contribution in [1.29, 1.82) is 0 Å². The maximum Gasteiger partial charge on any atom is 0.00723 e. The highest BCUT2D eigenvalue weighted by atomic mass is 79.9. The molecule has 0 aromatic heterocycles. The number of hydrogen-bond acceptors (Lipinski definition) is 1. The highest BCUT2D eigenvalue weighted by molar-refractivity contribution is 9.09. The Kier molecular flexibility index (Phi) is 12.2. The van der Waals surface area contributed by atoms with Crippen LogP contribution in [0.5, 0.6) is 0 Å². The SMILES string of the molecule is CCCCCCCCCNC(C)C(C)CBr. The normalized spacial score (nSPS) is 15.0. The zero-order valence-electron chi connectivity index (χ0n) is 11.4. The average Bonchev–Trinajstić information content (AvgIpc) is 2.31. The van der Waals surface area contributed by atoms with Gasteiger partial charge in [0.05, 0.1) is 0 Å². The van der Waals surface area contributed by atoms with Gasteiger partial charge >= 0.3 is 0 Å². The summed E-state index contributed by atoms with van der Waals surface area (Å²) in [6.45, 7) is 8.03. The van der Waals surface area contributed by atoms with E-state index in [-0.39, 0.29) is 0 Å². The Labute approximate surface area is 111 Å². The van der Waals surface area contributed by atoms with Crippen LogP contribution in [0.25, 0.3) is 0 Å². The number of rotatable bonds is 11. The first-order chi connectivity index (χ1) is 7.72. The van der Waals surface area contributed by atoms with Crippen LogP contribution >= 0.6 is 15.9 Å². The van der Waals surface area contributed by atoms with E-state index in [9.17, 15) is 0 Å². The summed E-state index contributed by atoms with van der Waals surface area (Å²) in [4.78, 5) is 0. The van der Waals surface area contributed by atoms with Crippen LogP contribution in [0.3, 0.4) is 0 Å². The van der Waals surface area contributed by atoms with Crippen LogP contribution in [0.2, 0.25) is 0 Å². The molecule has 0 rings (SSSR count). The summed E-state index contributed by atoms with van der Waals surface area (Å²) in [7, 11) is 0. The van der Waals surface area contributed by atoms with E-state index >= 15 is 0 Å². The van der Waals surface area contributed by atoms with E-state index < -0.39 is 0 Å². The van der Waals surface area contributed by atoms with Gasteiger partial charge in [0.15, 0.2) is 0 Å². The van der Waals surface area contributed by atoms with Crippen LogP contribution in [0.1, 0.15) is 65.7 Å². The van der Waals surface area contributed by atoms with Gasteiger partial charge in [0.1, 0.15) is 0 Å². The van der Waals surface area contributed by atoms with Crippen LogP contribution < -0.4 is 5.32 Å². The van der Waals surface area contributed by atoms with E-state index in [2.05, 4.69) is 42.0 Å². The first-order valence-electron chi connectivity index (χ1n) is 7.01. The molecule has 0 aliphatic heterocycles. The number of hydrogen-bond donors (Lipinski definition) is 1. The van der Waals surface area contributed by atoms with E-state index in [1.54, 1.807) is 0 Å². The minimum absolute atomic E-state index is 0.638. The second-order valence-electron chi connectivity index (χ2n) is 5.00. The summed E-state index contributed by atoms with van der Waals surface area (Å²) in [5.74, 6) is 0.726. The molecule has 0 spiro atoms. The predicted molar refractivity (Wildman–Crippen MR) is 78.4 cm³/mol. The molecule has 0 aromatic rings. The first-order valence-corrected chi connectivity index (χ1v) is 8.13. The lowest BCUT2D eigenvalue weighted by Gasteiger charge is -2.19. The van der Waals surface area contributed by atoms with E-state index in [0.29, 0.717) is 6.04 Å². The quantitative estimate of drug-likeness (QED) is 0.428. The molecular formula is C14H30BrN. The molecule has 0 fully saturated rings. The van der Waals surface area contributed by atoms with Gasteiger partial charge in [-0.2, -0.15) is 0 Å². The van der Waals surface area contributed by atoms with Crippen LogP contribution in [-0.4, -0.2) is 17.9 Å². The summed E-state index contributed by atoms with van der Waals surface area (Å²) in [6, 6.07) is 0.638. The molecule has 0 saturated heterocycles. The van der Waals surface area contributed by atoms with Crippen LogP contribution in [-0.2, 0) is 0 Å². The molecule has 1 N–H and O–H groups in total. The number of alkyl halides is 1. The predicted octanol–water partition coefficient (Wildman–Crippen LogP) is 4.75. The summed E-state index contributed by atoms with van der Waals surface area (Å²) < 4.78 is 0. The molecule has 2 unspecified atom stereocenters. The zero-order chi connectivity index (χ0) is 12.2. The first kappa shape index (κ1) is 16.4. The van der Waals surface area contributed by atoms with Crippen molar-refractivity contribution in [2.24, 2.45) is 5.92 Å². The lowest BCUT2D eigenvalue weighted by molar-refractivity contribution is 0.425. The Morgan fingerprint density at radius 2 is 1.50 bits per heavy atom. The van der Waals surface area contributed by atoms with Gasteiger partial charge in [-0.3, -0.25) is 0 Å². The molecule has 0 aliphatic rings. The molecule has 2 atom stereocenters. The average molecular weight is 292 g/mol. The van der Waals surface area contributed by atoms with Crippen LogP contribution in [0, 0.1) is 5.92 Å². The van der Waals surface area contributed by atoms with E-state index in [1.165, 1.54) is 51.5 Å². The Bertz CT molecular complexity index is 139. The molecular weight excluding hydrogens is 262 g/mol. The third kappa shape index (κ3) is 9.65. The smallest absolute Gasteiger partial charge is 0.00723 e. The Hall–Kier alpha value is 0.440. The van der Waals surface area contributed by atoms with Crippen molar-refractivity contribution in [3.05, 3.63) is 0 Å². The minimum Gasteiger partial charge on any atom is -0.314 e. The number of nitrogens with one attached hydrogen (secondary N) is 1. The lowest BCUT2D eigenvalue weighted by Crippen LogP contribution is -2.33. The molecule has 0 heterocycles.